The van der Waals surface area contributed by atoms with E-state index in [0.717, 1.165) is 5.56 Å². The van der Waals surface area contributed by atoms with Crippen molar-refractivity contribution in [1.82, 2.24) is 4.90 Å². The van der Waals surface area contributed by atoms with Crippen molar-refractivity contribution >= 4 is 23.4 Å². The van der Waals surface area contributed by atoms with Crippen molar-refractivity contribution in [1.29, 1.82) is 0 Å². The Hall–Kier alpha value is -3.80. The van der Waals surface area contributed by atoms with Gasteiger partial charge in [-0.25, -0.2) is 4.39 Å². The molecule has 0 saturated carbocycles. The Kier molecular flexibility index (Phi) is 4.68. The van der Waals surface area contributed by atoms with Gasteiger partial charge in [-0.2, -0.15) is 0 Å². The third-order valence-corrected chi connectivity index (χ3v) is 4.86. The van der Waals surface area contributed by atoms with E-state index in [1.807, 2.05) is 0 Å². The first kappa shape index (κ1) is 18.6. The number of benzene rings is 3. The van der Waals surface area contributed by atoms with E-state index in [2.05, 4.69) is 5.32 Å². The molecule has 4 rings (SSSR count). The zero-order valence-electron chi connectivity index (χ0n) is 15.6. The second kappa shape index (κ2) is 7.31. The van der Waals surface area contributed by atoms with Gasteiger partial charge in [-0.15, -0.1) is 0 Å². The average molecular weight is 388 g/mol. The van der Waals surface area contributed by atoms with Crippen LogP contribution in [0.5, 0.6) is 0 Å². The third kappa shape index (κ3) is 3.52. The summed E-state index contributed by atoms with van der Waals surface area (Å²) in [7, 11) is 0. The second-order valence-corrected chi connectivity index (χ2v) is 6.86. The lowest BCUT2D eigenvalue weighted by Gasteiger charge is -2.15. The molecule has 3 aromatic carbocycles. The van der Waals surface area contributed by atoms with Crippen LogP contribution in [-0.2, 0) is 6.54 Å². The molecule has 29 heavy (non-hydrogen) atoms. The molecule has 1 aliphatic rings. The fourth-order valence-corrected chi connectivity index (χ4v) is 3.30. The van der Waals surface area contributed by atoms with E-state index >= 15 is 0 Å². The standard InChI is InChI=1S/C23H17FN2O3/c1-14-9-10-17(24)12-20(14)25-21(27)16-6-4-5-15(11-16)13-26-22(28)18-7-2-3-8-19(18)23(26)29/h2-12H,13H2,1H3,(H,25,27). The molecule has 0 spiro atoms. The molecular formula is C23H17FN2O3. The molecule has 0 aromatic heterocycles. The molecule has 0 aliphatic carbocycles. The summed E-state index contributed by atoms with van der Waals surface area (Å²) in [4.78, 5) is 38.8. The van der Waals surface area contributed by atoms with Crippen LogP contribution in [0, 0.1) is 12.7 Å². The van der Waals surface area contributed by atoms with Gasteiger partial charge in [-0.05, 0) is 54.4 Å². The number of aryl methyl sites for hydroxylation is 1. The van der Waals surface area contributed by atoms with Crippen molar-refractivity contribution in [2.24, 2.45) is 0 Å². The van der Waals surface area contributed by atoms with Crippen LogP contribution < -0.4 is 5.32 Å². The molecule has 0 unspecified atom stereocenters. The molecule has 0 radical (unpaired) electrons. The first-order valence-electron chi connectivity index (χ1n) is 9.06. The summed E-state index contributed by atoms with van der Waals surface area (Å²) in [6, 6.07) is 17.5. The van der Waals surface area contributed by atoms with E-state index in [0.29, 0.717) is 27.9 Å². The molecule has 144 valence electrons. The van der Waals surface area contributed by atoms with Crippen LogP contribution in [0.2, 0.25) is 0 Å². The summed E-state index contributed by atoms with van der Waals surface area (Å²) in [5, 5.41) is 2.69. The highest BCUT2D eigenvalue weighted by atomic mass is 19.1. The van der Waals surface area contributed by atoms with Crippen LogP contribution >= 0.6 is 0 Å². The van der Waals surface area contributed by atoms with Crippen molar-refractivity contribution in [2.75, 3.05) is 5.32 Å². The van der Waals surface area contributed by atoms with Crippen molar-refractivity contribution in [2.45, 2.75) is 13.5 Å². The largest absolute Gasteiger partial charge is 0.322 e. The normalized spacial score (nSPS) is 12.8. The van der Waals surface area contributed by atoms with E-state index in [4.69, 9.17) is 0 Å². The van der Waals surface area contributed by atoms with Crippen molar-refractivity contribution < 1.29 is 18.8 Å². The van der Waals surface area contributed by atoms with Gasteiger partial charge < -0.3 is 5.32 Å². The van der Waals surface area contributed by atoms with Gasteiger partial charge >= 0.3 is 0 Å². The van der Waals surface area contributed by atoms with Gasteiger partial charge in [0.15, 0.2) is 0 Å². The third-order valence-electron chi connectivity index (χ3n) is 4.86. The highest BCUT2D eigenvalue weighted by Gasteiger charge is 2.34. The summed E-state index contributed by atoms with van der Waals surface area (Å²) in [6.07, 6.45) is 0. The number of carbonyl (C=O) groups excluding carboxylic acids is 3. The van der Waals surface area contributed by atoms with Gasteiger partial charge in [0.2, 0.25) is 0 Å². The SMILES string of the molecule is Cc1ccc(F)cc1NC(=O)c1cccc(CN2C(=O)c3ccccc3C2=O)c1. The average Bonchev–Trinajstić information content (AvgIpc) is 2.96. The number of nitrogens with zero attached hydrogens (tertiary/aromatic N) is 1. The number of hydrogen-bond donors (Lipinski definition) is 1. The fraction of sp³-hybridized carbons (Fsp3) is 0.0870. The van der Waals surface area contributed by atoms with Gasteiger partial charge in [-0.1, -0.05) is 30.3 Å². The maximum Gasteiger partial charge on any atom is 0.261 e. The predicted molar refractivity (Wildman–Crippen MR) is 106 cm³/mol. The lowest BCUT2D eigenvalue weighted by atomic mass is 10.1. The summed E-state index contributed by atoms with van der Waals surface area (Å²) >= 11 is 0. The number of carbonyl (C=O) groups is 3. The number of rotatable bonds is 4. The van der Waals surface area contributed by atoms with Gasteiger partial charge in [-0.3, -0.25) is 19.3 Å². The first-order valence-corrected chi connectivity index (χ1v) is 9.06. The monoisotopic (exact) mass is 388 g/mol. The fourth-order valence-electron chi connectivity index (χ4n) is 3.30. The Bertz CT molecular complexity index is 1120. The molecule has 3 amide bonds. The molecule has 3 aromatic rings. The molecule has 6 heteroatoms. The lowest BCUT2D eigenvalue weighted by molar-refractivity contribution is 0.0642. The molecule has 5 nitrogen and oxygen atoms in total. The molecule has 0 fully saturated rings. The second-order valence-electron chi connectivity index (χ2n) is 6.86. The molecule has 1 heterocycles. The topological polar surface area (TPSA) is 66.5 Å². The zero-order valence-corrected chi connectivity index (χ0v) is 15.6. The summed E-state index contributed by atoms with van der Waals surface area (Å²) < 4.78 is 13.5. The van der Waals surface area contributed by atoms with Crippen molar-refractivity contribution in [3.05, 3.63) is 100 Å². The van der Waals surface area contributed by atoms with Crippen LogP contribution in [0.15, 0.2) is 66.7 Å². The number of fused-ring (bicyclic) bond motifs is 1. The minimum atomic E-state index is -0.440. The Balaban J connectivity index is 1.54. The first-order chi connectivity index (χ1) is 13.9. The van der Waals surface area contributed by atoms with Crippen LogP contribution in [-0.4, -0.2) is 22.6 Å². The highest BCUT2D eigenvalue weighted by Crippen LogP contribution is 2.24. The Morgan fingerprint density at radius 1 is 0.931 bits per heavy atom. The number of hydrogen-bond acceptors (Lipinski definition) is 3. The van der Waals surface area contributed by atoms with Crippen molar-refractivity contribution in [3.63, 3.8) is 0 Å². The van der Waals surface area contributed by atoms with Crippen molar-refractivity contribution in [3.8, 4) is 0 Å². The predicted octanol–water partition coefficient (Wildman–Crippen LogP) is 4.18. The maximum atomic E-state index is 13.5. The van der Waals surface area contributed by atoms with Crippen LogP contribution in [0.4, 0.5) is 10.1 Å². The number of amides is 3. The highest BCUT2D eigenvalue weighted by molar-refractivity contribution is 6.21. The van der Waals surface area contributed by atoms with Crippen LogP contribution in [0.1, 0.15) is 42.2 Å². The molecule has 1 aliphatic heterocycles. The number of halogens is 1. The van der Waals surface area contributed by atoms with Gasteiger partial charge in [0, 0.05) is 11.3 Å². The molecule has 0 atom stereocenters. The van der Waals surface area contributed by atoms with E-state index in [1.165, 1.54) is 17.0 Å². The van der Waals surface area contributed by atoms with Gasteiger partial charge in [0.25, 0.3) is 17.7 Å². The Morgan fingerprint density at radius 2 is 1.62 bits per heavy atom. The maximum absolute atomic E-state index is 13.5. The van der Waals surface area contributed by atoms with E-state index < -0.39 is 11.7 Å². The Morgan fingerprint density at radius 3 is 2.31 bits per heavy atom. The minimum Gasteiger partial charge on any atom is -0.322 e. The van der Waals surface area contributed by atoms with E-state index in [-0.39, 0.29) is 18.4 Å². The van der Waals surface area contributed by atoms with Crippen LogP contribution in [0.25, 0.3) is 0 Å². The van der Waals surface area contributed by atoms with Crippen LogP contribution in [0.3, 0.4) is 0 Å². The Labute approximate surface area is 166 Å². The molecule has 0 saturated heterocycles. The molecule has 1 N–H and O–H groups in total. The molecular weight excluding hydrogens is 371 g/mol. The number of anilines is 1. The molecule has 0 bridgehead atoms. The summed E-state index contributed by atoms with van der Waals surface area (Å²) in [5.41, 5.74) is 2.88. The quantitative estimate of drug-likeness (QED) is 0.682. The summed E-state index contributed by atoms with van der Waals surface area (Å²) in [5.74, 6) is -1.54. The number of nitrogens with one attached hydrogen (secondary N) is 1. The van der Waals surface area contributed by atoms with Gasteiger partial charge in [0.1, 0.15) is 5.82 Å². The van der Waals surface area contributed by atoms with E-state index in [9.17, 15) is 18.8 Å². The minimum absolute atomic E-state index is 0.0620. The zero-order chi connectivity index (χ0) is 20.5. The smallest absolute Gasteiger partial charge is 0.261 e. The van der Waals surface area contributed by atoms with E-state index in [1.54, 1.807) is 61.5 Å². The number of imide groups is 1. The summed E-state index contributed by atoms with van der Waals surface area (Å²) in [6.45, 7) is 1.83. The van der Waals surface area contributed by atoms with Gasteiger partial charge in [0.05, 0.1) is 17.7 Å². The lowest BCUT2D eigenvalue weighted by Crippen LogP contribution is -2.29.